The zero-order chi connectivity index (χ0) is 14.8. The third-order valence-corrected chi connectivity index (χ3v) is 3.42. The fraction of sp³-hybridized carbons (Fsp3) is 0.308. The van der Waals surface area contributed by atoms with E-state index in [0.29, 0.717) is 22.9 Å². The van der Waals surface area contributed by atoms with Crippen LogP contribution in [0.5, 0.6) is 0 Å². The molecule has 1 aliphatic rings. The SMILES string of the molecule is c1cc(-c2cnc3nncnc3n2)nc(N2CCNCC2)n1. The van der Waals surface area contributed by atoms with Crippen LogP contribution in [0.25, 0.3) is 22.7 Å². The molecule has 0 bridgehead atoms. The van der Waals surface area contributed by atoms with Gasteiger partial charge in [-0.05, 0) is 6.07 Å². The molecule has 0 amide bonds. The van der Waals surface area contributed by atoms with E-state index in [1.165, 1.54) is 6.33 Å². The fourth-order valence-corrected chi connectivity index (χ4v) is 2.32. The number of fused-ring (bicyclic) bond motifs is 1. The van der Waals surface area contributed by atoms with Crippen molar-refractivity contribution in [3.05, 3.63) is 24.8 Å². The van der Waals surface area contributed by atoms with E-state index in [0.717, 1.165) is 31.9 Å². The van der Waals surface area contributed by atoms with Gasteiger partial charge >= 0.3 is 0 Å². The quantitative estimate of drug-likeness (QED) is 0.680. The largest absolute Gasteiger partial charge is 0.338 e. The molecule has 4 heterocycles. The Morgan fingerprint density at radius 3 is 2.77 bits per heavy atom. The van der Waals surface area contributed by atoms with Gasteiger partial charge in [0.25, 0.3) is 0 Å². The predicted molar refractivity (Wildman–Crippen MR) is 79.0 cm³/mol. The summed E-state index contributed by atoms with van der Waals surface area (Å²) in [6.07, 6.45) is 4.72. The minimum Gasteiger partial charge on any atom is -0.338 e. The van der Waals surface area contributed by atoms with Gasteiger partial charge in [-0.25, -0.2) is 24.9 Å². The van der Waals surface area contributed by atoms with E-state index < -0.39 is 0 Å². The predicted octanol–water partition coefficient (Wildman–Crippen LogP) is -0.319. The van der Waals surface area contributed by atoms with Gasteiger partial charge in [-0.15, -0.1) is 10.2 Å². The average molecular weight is 295 g/mol. The van der Waals surface area contributed by atoms with Gasteiger partial charge in [0.1, 0.15) is 12.0 Å². The third kappa shape index (κ3) is 2.42. The summed E-state index contributed by atoms with van der Waals surface area (Å²) in [5.41, 5.74) is 2.24. The Kier molecular flexibility index (Phi) is 3.24. The number of hydrogen-bond donors (Lipinski definition) is 1. The van der Waals surface area contributed by atoms with Gasteiger partial charge in [0.05, 0.1) is 11.9 Å². The molecule has 3 aromatic rings. The van der Waals surface area contributed by atoms with Crippen LogP contribution in [0.3, 0.4) is 0 Å². The van der Waals surface area contributed by atoms with E-state index in [1.807, 2.05) is 6.07 Å². The molecule has 110 valence electrons. The molecule has 0 aromatic carbocycles. The van der Waals surface area contributed by atoms with Crippen molar-refractivity contribution in [2.24, 2.45) is 0 Å². The van der Waals surface area contributed by atoms with E-state index in [-0.39, 0.29) is 0 Å². The van der Waals surface area contributed by atoms with Crippen LogP contribution < -0.4 is 10.2 Å². The molecule has 0 unspecified atom stereocenters. The minimum absolute atomic E-state index is 0.419. The first-order valence-electron chi connectivity index (χ1n) is 7.00. The number of piperazine rings is 1. The van der Waals surface area contributed by atoms with Crippen molar-refractivity contribution in [2.75, 3.05) is 31.1 Å². The molecule has 9 heteroatoms. The third-order valence-electron chi connectivity index (χ3n) is 3.42. The van der Waals surface area contributed by atoms with Crippen molar-refractivity contribution in [2.45, 2.75) is 0 Å². The number of nitrogens with zero attached hydrogens (tertiary/aromatic N) is 8. The molecule has 9 nitrogen and oxygen atoms in total. The Bertz CT molecular complexity index is 800. The molecule has 22 heavy (non-hydrogen) atoms. The monoisotopic (exact) mass is 295 g/mol. The molecule has 0 spiro atoms. The van der Waals surface area contributed by atoms with Crippen molar-refractivity contribution in [1.29, 1.82) is 0 Å². The van der Waals surface area contributed by atoms with E-state index in [2.05, 4.69) is 45.3 Å². The summed E-state index contributed by atoms with van der Waals surface area (Å²) in [5, 5.41) is 10.9. The van der Waals surface area contributed by atoms with Crippen LogP contribution in [0.2, 0.25) is 0 Å². The van der Waals surface area contributed by atoms with Crippen molar-refractivity contribution in [3.63, 3.8) is 0 Å². The zero-order valence-electron chi connectivity index (χ0n) is 11.7. The molecule has 1 fully saturated rings. The van der Waals surface area contributed by atoms with Crippen LogP contribution in [0.1, 0.15) is 0 Å². The summed E-state index contributed by atoms with van der Waals surface area (Å²) in [6, 6.07) is 1.82. The van der Waals surface area contributed by atoms with E-state index in [9.17, 15) is 0 Å². The molecular weight excluding hydrogens is 282 g/mol. The summed E-state index contributed by atoms with van der Waals surface area (Å²) in [7, 11) is 0. The van der Waals surface area contributed by atoms with Crippen molar-refractivity contribution < 1.29 is 0 Å². The normalized spacial score (nSPS) is 15.2. The second-order valence-electron chi connectivity index (χ2n) is 4.84. The van der Waals surface area contributed by atoms with Crippen LogP contribution in [0.15, 0.2) is 24.8 Å². The topological polar surface area (TPSA) is 106 Å². The highest BCUT2D eigenvalue weighted by Crippen LogP contribution is 2.17. The maximum absolute atomic E-state index is 4.59. The van der Waals surface area contributed by atoms with Crippen LogP contribution in [0, 0.1) is 0 Å². The Morgan fingerprint density at radius 2 is 1.86 bits per heavy atom. The van der Waals surface area contributed by atoms with Crippen LogP contribution in [-0.4, -0.2) is 61.3 Å². The highest BCUT2D eigenvalue weighted by atomic mass is 15.3. The Balaban J connectivity index is 1.71. The fourth-order valence-electron chi connectivity index (χ4n) is 2.32. The molecule has 0 atom stereocenters. The highest BCUT2D eigenvalue weighted by Gasteiger charge is 2.14. The van der Waals surface area contributed by atoms with Gasteiger partial charge in [-0.1, -0.05) is 0 Å². The first-order chi connectivity index (χ1) is 10.9. The van der Waals surface area contributed by atoms with Gasteiger partial charge in [0, 0.05) is 32.4 Å². The Labute approximate surface area is 125 Å². The number of anilines is 1. The molecule has 3 aromatic heterocycles. The molecule has 1 aliphatic heterocycles. The van der Waals surface area contributed by atoms with Crippen molar-refractivity contribution >= 4 is 17.2 Å². The second-order valence-corrected chi connectivity index (χ2v) is 4.84. The summed E-state index contributed by atoms with van der Waals surface area (Å²) in [5.74, 6) is 0.710. The Morgan fingerprint density at radius 1 is 0.955 bits per heavy atom. The van der Waals surface area contributed by atoms with Crippen LogP contribution in [-0.2, 0) is 0 Å². The maximum atomic E-state index is 4.59. The molecule has 1 saturated heterocycles. The summed E-state index contributed by atoms with van der Waals surface area (Å²) < 4.78 is 0. The lowest BCUT2D eigenvalue weighted by atomic mass is 10.3. The minimum atomic E-state index is 0.419. The van der Waals surface area contributed by atoms with E-state index in [1.54, 1.807) is 12.4 Å². The summed E-state index contributed by atoms with van der Waals surface area (Å²) in [6.45, 7) is 3.66. The lowest BCUT2D eigenvalue weighted by Crippen LogP contribution is -2.44. The number of rotatable bonds is 2. The van der Waals surface area contributed by atoms with Crippen molar-refractivity contribution in [3.8, 4) is 11.4 Å². The van der Waals surface area contributed by atoms with Gasteiger partial charge in [0.2, 0.25) is 17.2 Å². The smallest absolute Gasteiger partial charge is 0.225 e. The standard InChI is InChI=1S/C13H13N9/c1-2-15-13(22-5-3-14-4-6-22)20-9(1)10-7-16-12-11(19-10)17-8-18-21-12/h1-2,7-8,14H,3-6H2. The summed E-state index contributed by atoms with van der Waals surface area (Å²) >= 11 is 0. The molecule has 0 aliphatic carbocycles. The number of hydrogen-bond acceptors (Lipinski definition) is 9. The molecule has 0 radical (unpaired) electrons. The molecule has 1 N–H and O–H groups in total. The highest BCUT2D eigenvalue weighted by molar-refractivity contribution is 5.67. The first kappa shape index (κ1) is 12.9. The van der Waals surface area contributed by atoms with Gasteiger partial charge in [-0.3, -0.25) is 0 Å². The van der Waals surface area contributed by atoms with Gasteiger partial charge in [0.15, 0.2) is 0 Å². The lowest BCUT2D eigenvalue weighted by molar-refractivity contribution is 0.580. The summed E-state index contributed by atoms with van der Waals surface area (Å²) in [4.78, 5) is 23.8. The van der Waals surface area contributed by atoms with E-state index in [4.69, 9.17) is 0 Å². The molecular formula is C13H13N9. The molecule has 0 saturated carbocycles. The number of nitrogens with one attached hydrogen (secondary N) is 1. The second kappa shape index (κ2) is 5.53. The van der Waals surface area contributed by atoms with Crippen LogP contribution >= 0.6 is 0 Å². The average Bonchev–Trinajstić information content (AvgIpc) is 2.62. The maximum Gasteiger partial charge on any atom is 0.225 e. The number of aromatic nitrogens is 7. The van der Waals surface area contributed by atoms with E-state index >= 15 is 0 Å². The van der Waals surface area contributed by atoms with Gasteiger partial charge in [-0.2, -0.15) is 0 Å². The molecule has 4 rings (SSSR count). The van der Waals surface area contributed by atoms with Crippen molar-refractivity contribution in [1.82, 2.24) is 40.4 Å². The first-order valence-corrected chi connectivity index (χ1v) is 7.00. The Hall–Kier alpha value is -2.81. The lowest BCUT2D eigenvalue weighted by Gasteiger charge is -2.27. The van der Waals surface area contributed by atoms with Crippen LogP contribution in [0.4, 0.5) is 5.95 Å². The van der Waals surface area contributed by atoms with Gasteiger partial charge < -0.3 is 10.2 Å². The zero-order valence-corrected chi connectivity index (χ0v) is 11.7.